The highest BCUT2D eigenvalue weighted by Crippen LogP contribution is 1.88. The Morgan fingerprint density at radius 2 is 2.29 bits per heavy atom. The van der Waals surface area contributed by atoms with Crippen molar-refractivity contribution >= 4 is 0 Å². The second kappa shape index (κ2) is 1.99. The molecule has 1 rings (SSSR count). The van der Waals surface area contributed by atoms with Gasteiger partial charge in [-0.05, 0) is 7.05 Å². The number of nitrogens with zero attached hydrogens (tertiary/aromatic N) is 1. The fourth-order valence-electron chi connectivity index (χ4n) is 0.605. The van der Waals surface area contributed by atoms with E-state index in [1.54, 1.807) is 0 Å². The molecule has 38 valence electrons. The van der Waals surface area contributed by atoms with Crippen molar-refractivity contribution in [1.29, 1.82) is 0 Å². The summed E-state index contributed by atoms with van der Waals surface area (Å²) in [6, 6.07) is 0. The summed E-state index contributed by atoms with van der Waals surface area (Å²) in [6.07, 6.45) is 1.05. The van der Waals surface area contributed by atoms with Gasteiger partial charge in [-0.15, -0.1) is 5.92 Å². The number of hydrogen-bond donors (Lipinski definition) is 0. The van der Waals surface area contributed by atoms with Crippen LogP contribution in [0.15, 0.2) is 0 Å². The van der Waals surface area contributed by atoms with E-state index in [1.165, 1.54) is 0 Å². The summed E-state index contributed by atoms with van der Waals surface area (Å²) in [5, 5.41) is 0. The van der Waals surface area contributed by atoms with Gasteiger partial charge in [0.1, 0.15) is 0 Å². The Hall–Kier alpha value is -0.480. The zero-order valence-corrected chi connectivity index (χ0v) is 4.57. The van der Waals surface area contributed by atoms with Crippen molar-refractivity contribution < 1.29 is 0 Å². The van der Waals surface area contributed by atoms with E-state index in [0.717, 1.165) is 19.5 Å². The third-order valence-electron chi connectivity index (χ3n) is 1.09. The molecule has 0 amide bonds. The van der Waals surface area contributed by atoms with Crippen LogP contribution in [0, 0.1) is 11.8 Å². The van der Waals surface area contributed by atoms with E-state index in [0.29, 0.717) is 0 Å². The summed E-state index contributed by atoms with van der Waals surface area (Å²) in [5.41, 5.74) is 0. The maximum Gasteiger partial charge on any atom is 0.0599 e. The van der Waals surface area contributed by atoms with Crippen LogP contribution in [0.4, 0.5) is 0 Å². The second-order valence-corrected chi connectivity index (χ2v) is 1.84. The standard InChI is InChI=1S/C6H9N/c1-7-5-3-2-4-6-7/h3,5-6H2,1H3. The molecule has 0 saturated carbocycles. The van der Waals surface area contributed by atoms with E-state index in [-0.39, 0.29) is 0 Å². The molecule has 0 atom stereocenters. The van der Waals surface area contributed by atoms with Gasteiger partial charge in [-0.1, -0.05) is 5.92 Å². The molecule has 0 N–H and O–H groups in total. The van der Waals surface area contributed by atoms with Crippen LogP contribution in [-0.4, -0.2) is 25.0 Å². The predicted octanol–water partition coefficient (Wildman–Crippen LogP) is 0.325. The largest absolute Gasteiger partial charge is 0.294 e. The third kappa shape index (κ3) is 1.21. The molecule has 0 fully saturated rings. The molecule has 0 bridgehead atoms. The minimum atomic E-state index is 0.958. The van der Waals surface area contributed by atoms with Crippen LogP contribution in [0.3, 0.4) is 0 Å². The third-order valence-corrected chi connectivity index (χ3v) is 1.09. The Morgan fingerprint density at radius 3 is 2.57 bits per heavy atom. The quantitative estimate of drug-likeness (QED) is 0.392. The Balaban J connectivity index is 2.39. The molecule has 0 aliphatic carbocycles. The molecule has 0 saturated heterocycles. The Bertz CT molecular complexity index is 107. The Labute approximate surface area is 44.3 Å². The van der Waals surface area contributed by atoms with Crippen LogP contribution in [0.5, 0.6) is 0 Å². The second-order valence-electron chi connectivity index (χ2n) is 1.84. The molecule has 0 aromatic carbocycles. The summed E-state index contributed by atoms with van der Waals surface area (Å²) in [4.78, 5) is 2.22. The molecular formula is C6H9N. The van der Waals surface area contributed by atoms with Crippen molar-refractivity contribution in [3.05, 3.63) is 0 Å². The summed E-state index contributed by atoms with van der Waals surface area (Å²) >= 11 is 0. The van der Waals surface area contributed by atoms with Gasteiger partial charge in [0.25, 0.3) is 0 Å². The highest BCUT2D eigenvalue weighted by atomic mass is 15.1. The minimum absolute atomic E-state index is 0.958. The molecule has 0 unspecified atom stereocenters. The maximum absolute atomic E-state index is 3.02. The van der Waals surface area contributed by atoms with Gasteiger partial charge in [0, 0.05) is 13.0 Å². The normalized spacial score (nSPS) is 20.7. The molecule has 0 aromatic rings. The summed E-state index contributed by atoms with van der Waals surface area (Å²) < 4.78 is 0. The van der Waals surface area contributed by atoms with Crippen LogP contribution in [-0.2, 0) is 0 Å². The molecule has 1 aliphatic rings. The van der Waals surface area contributed by atoms with E-state index in [1.807, 2.05) is 0 Å². The van der Waals surface area contributed by atoms with Gasteiger partial charge in [-0.3, -0.25) is 4.90 Å². The minimum Gasteiger partial charge on any atom is -0.294 e. The van der Waals surface area contributed by atoms with Crippen LogP contribution in [0.2, 0.25) is 0 Å². The van der Waals surface area contributed by atoms with Gasteiger partial charge in [-0.2, -0.15) is 0 Å². The van der Waals surface area contributed by atoms with Crippen molar-refractivity contribution in [3.63, 3.8) is 0 Å². The lowest BCUT2D eigenvalue weighted by Gasteiger charge is -2.12. The molecule has 1 heteroatoms. The van der Waals surface area contributed by atoms with E-state index < -0.39 is 0 Å². The van der Waals surface area contributed by atoms with E-state index in [9.17, 15) is 0 Å². The monoisotopic (exact) mass is 95.1 g/mol. The van der Waals surface area contributed by atoms with Gasteiger partial charge < -0.3 is 0 Å². The summed E-state index contributed by atoms with van der Waals surface area (Å²) in [5.74, 6) is 6.03. The lowest BCUT2D eigenvalue weighted by atomic mass is 10.3. The number of rotatable bonds is 0. The average Bonchev–Trinajstić information content (AvgIpc) is 1.69. The Morgan fingerprint density at radius 1 is 1.43 bits per heavy atom. The van der Waals surface area contributed by atoms with Crippen LogP contribution >= 0.6 is 0 Å². The highest BCUT2D eigenvalue weighted by molar-refractivity contribution is 5.04. The molecule has 0 aromatic heterocycles. The first-order valence-electron chi connectivity index (χ1n) is 2.54. The first-order chi connectivity index (χ1) is 3.39. The van der Waals surface area contributed by atoms with Crippen molar-refractivity contribution in [1.82, 2.24) is 4.90 Å². The molecule has 1 aliphatic heterocycles. The predicted molar refractivity (Wildman–Crippen MR) is 29.9 cm³/mol. The van der Waals surface area contributed by atoms with Gasteiger partial charge in [0.05, 0.1) is 6.54 Å². The van der Waals surface area contributed by atoms with Crippen molar-refractivity contribution in [2.24, 2.45) is 0 Å². The zero-order valence-electron chi connectivity index (χ0n) is 4.57. The lowest BCUT2D eigenvalue weighted by Crippen LogP contribution is -2.21. The first kappa shape index (κ1) is 4.67. The smallest absolute Gasteiger partial charge is 0.0599 e. The van der Waals surface area contributed by atoms with Crippen LogP contribution in [0.1, 0.15) is 6.42 Å². The molecule has 0 spiro atoms. The van der Waals surface area contributed by atoms with Crippen LogP contribution < -0.4 is 0 Å². The van der Waals surface area contributed by atoms with E-state index in [4.69, 9.17) is 0 Å². The van der Waals surface area contributed by atoms with Crippen molar-refractivity contribution in [3.8, 4) is 11.8 Å². The fourth-order valence-corrected chi connectivity index (χ4v) is 0.605. The Kier molecular flexibility index (Phi) is 1.33. The van der Waals surface area contributed by atoms with Gasteiger partial charge in [0.15, 0.2) is 0 Å². The fraction of sp³-hybridized carbons (Fsp3) is 0.667. The summed E-state index contributed by atoms with van der Waals surface area (Å²) in [7, 11) is 2.09. The van der Waals surface area contributed by atoms with Gasteiger partial charge in [-0.25, -0.2) is 0 Å². The van der Waals surface area contributed by atoms with Crippen molar-refractivity contribution in [2.75, 3.05) is 20.1 Å². The molecule has 1 heterocycles. The number of hydrogen-bond acceptors (Lipinski definition) is 1. The maximum atomic E-state index is 3.02. The van der Waals surface area contributed by atoms with E-state index in [2.05, 4.69) is 23.8 Å². The summed E-state index contributed by atoms with van der Waals surface area (Å²) in [6.45, 7) is 2.10. The zero-order chi connectivity index (χ0) is 5.11. The molecule has 7 heavy (non-hydrogen) atoms. The molecule has 1 nitrogen and oxygen atoms in total. The van der Waals surface area contributed by atoms with Gasteiger partial charge in [0.2, 0.25) is 0 Å². The van der Waals surface area contributed by atoms with Crippen molar-refractivity contribution in [2.45, 2.75) is 6.42 Å². The SMILES string of the molecule is CN1CC#CCC1. The first-order valence-corrected chi connectivity index (χ1v) is 2.54. The topological polar surface area (TPSA) is 3.24 Å². The van der Waals surface area contributed by atoms with Gasteiger partial charge >= 0.3 is 0 Å². The van der Waals surface area contributed by atoms with E-state index >= 15 is 0 Å². The lowest BCUT2D eigenvalue weighted by molar-refractivity contribution is 0.378. The van der Waals surface area contributed by atoms with Crippen LogP contribution in [0.25, 0.3) is 0 Å². The molecular weight excluding hydrogens is 86.1 g/mol. The highest BCUT2D eigenvalue weighted by Gasteiger charge is 1.95. The average molecular weight is 95.1 g/mol. The molecule has 0 radical (unpaired) electrons.